The Hall–Kier alpha value is -1.06. The number of nitrogens with zero attached hydrogens (tertiary/aromatic N) is 1. The summed E-state index contributed by atoms with van der Waals surface area (Å²) in [5.74, 6) is 0.263. The maximum absolute atomic E-state index is 12.8. The van der Waals surface area contributed by atoms with Crippen molar-refractivity contribution in [1.29, 1.82) is 0 Å². The van der Waals surface area contributed by atoms with Crippen molar-refractivity contribution in [2.75, 3.05) is 13.1 Å². The molecule has 1 atom stereocenters. The summed E-state index contributed by atoms with van der Waals surface area (Å²) < 4.78 is 0. The number of carbonyl (C=O) groups is 1. The molecule has 0 spiro atoms. The van der Waals surface area contributed by atoms with Gasteiger partial charge in [0.15, 0.2) is 0 Å². The van der Waals surface area contributed by atoms with Crippen LogP contribution in [0.5, 0.6) is 0 Å². The molecule has 2 rings (SSSR count). The largest absolute Gasteiger partial charge is 0.337 e. The topological polar surface area (TPSA) is 32.3 Å². The molecule has 1 N–H and O–H groups in total. The maximum Gasteiger partial charge on any atom is 0.243 e. The zero-order valence-corrected chi connectivity index (χ0v) is 13.2. The Balaban J connectivity index is 0.00000200. The molecule has 0 aromatic heterocycles. The summed E-state index contributed by atoms with van der Waals surface area (Å²) in [6.07, 6.45) is 2.94. The van der Waals surface area contributed by atoms with Gasteiger partial charge in [-0.05, 0) is 38.3 Å². The average Bonchev–Trinajstić information content (AvgIpc) is 2.95. The highest BCUT2D eigenvalue weighted by Gasteiger charge is 2.41. The van der Waals surface area contributed by atoms with E-state index in [0.29, 0.717) is 6.54 Å². The first-order chi connectivity index (χ1) is 9.22. The maximum atomic E-state index is 12.8. The van der Waals surface area contributed by atoms with Gasteiger partial charge in [0.25, 0.3) is 0 Å². The Morgan fingerprint density at radius 1 is 1.30 bits per heavy atom. The van der Waals surface area contributed by atoms with Crippen LogP contribution in [0.1, 0.15) is 38.7 Å². The molecule has 0 saturated carbocycles. The van der Waals surface area contributed by atoms with Gasteiger partial charge in [0, 0.05) is 13.1 Å². The number of benzene rings is 1. The summed E-state index contributed by atoms with van der Waals surface area (Å²) in [6, 6.07) is 10.2. The molecular weight excluding hydrogens is 272 g/mol. The summed E-state index contributed by atoms with van der Waals surface area (Å²) in [7, 11) is 0. The first-order valence-electron chi connectivity index (χ1n) is 7.30. The van der Waals surface area contributed by atoms with Crippen molar-refractivity contribution in [2.24, 2.45) is 0 Å². The molecule has 0 aliphatic carbocycles. The van der Waals surface area contributed by atoms with E-state index in [4.69, 9.17) is 0 Å². The van der Waals surface area contributed by atoms with Crippen LogP contribution in [0.4, 0.5) is 0 Å². The van der Waals surface area contributed by atoms with Gasteiger partial charge < -0.3 is 10.2 Å². The van der Waals surface area contributed by atoms with Crippen molar-refractivity contribution < 1.29 is 4.79 Å². The number of likely N-dealkylation sites (N-methyl/N-ethyl adjacent to an activating group) is 1. The lowest BCUT2D eigenvalue weighted by atomic mass is 9.92. The number of amides is 1. The van der Waals surface area contributed by atoms with Gasteiger partial charge in [-0.25, -0.2) is 0 Å². The molecular formula is C16H25ClN2O. The summed E-state index contributed by atoms with van der Waals surface area (Å²) in [4.78, 5) is 14.8. The lowest BCUT2D eigenvalue weighted by Gasteiger charge is -2.33. The quantitative estimate of drug-likeness (QED) is 0.906. The van der Waals surface area contributed by atoms with E-state index in [1.165, 1.54) is 5.56 Å². The highest BCUT2D eigenvalue weighted by atomic mass is 35.5. The molecule has 1 aliphatic rings. The highest BCUT2D eigenvalue weighted by molar-refractivity contribution is 5.86. The average molecular weight is 297 g/mol. The predicted octanol–water partition coefficient (Wildman–Crippen LogP) is 2.99. The van der Waals surface area contributed by atoms with Gasteiger partial charge in [-0.2, -0.15) is 0 Å². The third-order valence-electron chi connectivity index (χ3n) is 4.14. The van der Waals surface area contributed by atoms with E-state index in [1.807, 2.05) is 23.1 Å². The van der Waals surface area contributed by atoms with E-state index in [-0.39, 0.29) is 23.9 Å². The molecule has 1 aromatic carbocycles. The summed E-state index contributed by atoms with van der Waals surface area (Å²) >= 11 is 0. The van der Waals surface area contributed by atoms with Gasteiger partial charge in [-0.1, -0.05) is 37.3 Å². The molecule has 1 aromatic rings. The molecule has 0 bridgehead atoms. The fourth-order valence-corrected chi connectivity index (χ4v) is 2.88. The minimum absolute atomic E-state index is 0. The molecule has 1 saturated heterocycles. The zero-order chi connectivity index (χ0) is 13.7. The molecule has 3 nitrogen and oxygen atoms in total. The SMILES string of the molecule is CCN(Cc1ccccc1)C(=O)C1(CC)CCCN1.Cl. The number of halogens is 1. The minimum Gasteiger partial charge on any atom is -0.337 e. The van der Waals surface area contributed by atoms with Crippen LogP contribution in [0.25, 0.3) is 0 Å². The highest BCUT2D eigenvalue weighted by Crippen LogP contribution is 2.26. The second-order valence-electron chi connectivity index (χ2n) is 5.27. The van der Waals surface area contributed by atoms with Gasteiger partial charge in [-0.3, -0.25) is 4.79 Å². The zero-order valence-electron chi connectivity index (χ0n) is 12.4. The van der Waals surface area contributed by atoms with Crippen molar-refractivity contribution in [1.82, 2.24) is 10.2 Å². The Morgan fingerprint density at radius 3 is 2.50 bits per heavy atom. The van der Waals surface area contributed by atoms with Crippen LogP contribution in [-0.2, 0) is 11.3 Å². The first kappa shape index (κ1) is 17.0. The van der Waals surface area contributed by atoms with Crippen molar-refractivity contribution >= 4 is 18.3 Å². The Labute approximate surface area is 128 Å². The van der Waals surface area contributed by atoms with Crippen molar-refractivity contribution in [3.63, 3.8) is 0 Å². The Morgan fingerprint density at radius 2 is 2.00 bits per heavy atom. The van der Waals surface area contributed by atoms with E-state index in [1.54, 1.807) is 0 Å². The fourth-order valence-electron chi connectivity index (χ4n) is 2.88. The number of hydrogen-bond donors (Lipinski definition) is 1. The Kier molecular flexibility index (Phi) is 6.50. The predicted molar refractivity (Wildman–Crippen MR) is 85.0 cm³/mol. The fraction of sp³-hybridized carbons (Fsp3) is 0.562. The molecule has 112 valence electrons. The number of carbonyl (C=O) groups excluding carboxylic acids is 1. The molecule has 0 radical (unpaired) electrons. The van der Waals surface area contributed by atoms with E-state index in [2.05, 4.69) is 31.3 Å². The van der Waals surface area contributed by atoms with Gasteiger partial charge in [0.1, 0.15) is 0 Å². The minimum atomic E-state index is -0.315. The summed E-state index contributed by atoms with van der Waals surface area (Å²) in [5.41, 5.74) is 0.882. The van der Waals surface area contributed by atoms with Gasteiger partial charge in [-0.15, -0.1) is 12.4 Å². The number of hydrogen-bond acceptors (Lipinski definition) is 2. The van der Waals surface area contributed by atoms with Crippen LogP contribution < -0.4 is 5.32 Å². The second kappa shape index (κ2) is 7.65. The van der Waals surface area contributed by atoms with Crippen LogP contribution in [0.3, 0.4) is 0 Å². The number of rotatable bonds is 5. The molecule has 1 unspecified atom stereocenters. The van der Waals surface area contributed by atoms with E-state index >= 15 is 0 Å². The number of nitrogens with one attached hydrogen (secondary N) is 1. The van der Waals surface area contributed by atoms with Crippen molar-refractivity contribution in [3.05, 3.63) is 35.9 Å². The normalized spacial score (nSPS) is 21.3. The summed E-state index contributed by atoms with van der Waals surface area (Å²) in [6.45, 7) is 6.59. The van der Waals surface area contributed by atoms with Gasteiger partial charge >= 0.3 is 0 Å². The smallest absolute Gasteiger partial charge is 0.243 e. The van der Waals surface area contributed by atoms with Crippen molar-refractivity contribution in [2.45, 2.75) is 45.2 Å². The first-order valence-corrected chi connectivity index (χ1v) is 7.30. The van der Waals surface area contributed by atoms with E-state index < -0.39 is 0 Å². The molecule has 1 amide bonds. The van der Waals surface area contributed by atoms with Crippen LogP contribution in [0.2, 0.25) is 0 Å². The van der Waals surface area contributed by atoms with Crippen molar-refractivity contribution in [3.8, 4) is 0 Å². The molecule has 20 heavy (non-hydrogen) atoms. The standard InChI is InChI=1S/C16H24N2O.ClH/c1-3-16(11-8-12-17-16)15(19)18(4-2)13-14-9-6-5-7-10-14;/h5-7,9-10,17H,3-4,8,11-13H2,1-2H3;1H. The summed E-state index contributed by atoms with van der Waals surface area (Å²) in [5, 5.41) is 3.43. The lowest BCUT2D eigenvalue weighted by Crippen LogP contribution is -2.54. The van der Waals surface area contributed by atoms with E-state index in [9.17, 15) is 4.79 Å². The molecule has 1 fully saturated rings. The van der Waals surface area contributed by atoms with Gasteiger partial charge in [0.05, 0.1) is 5.54 Å². The van der Waals surface area contributed by atoms with Crippen LogP contribution in [-0.4, -0.2) is 29.4 Å². The monoisotopic (exact) mass is 296 g/mol. The third-order valence-corrected chi connectivity index (χ3v) is 4.14. The molecule has 1 aliphatic heterocycles. The van der Waals surface area contributed by atoms with Crippen LogP contribution >= 0.6 is 12.4 Å². The van der Waals surface area contributed by atoms with Crippen LogP contribution in [0, 0.1) is 0 Å². The lowest BCUT2D eigenvalue weighted by molar-refractivity contribution is -0.138. The third kappa shape index (κ3) is 3.53. The van der Waals surface area contributed by atoms with Gasteiger partial charge in [0.2, 0.25) is 5.91 Å². The van der Waals surface area contributed by atoms with E-state index in [0.717, 1.165) is 32.4 Å². The molecule has 1 heterocycles. The molecule has 4 heteroatoms. The second-order valence-corrected chi connectivity index (χ2v) is 5.27. The van der Waals surface area contributed by atoms with Crippen LogP contribution in [0.15, 0.2) is 30.3 Å². The Bertz CT molecular complexity index is 416.